The molecule has 1 aromatic rings. The molecule has 0 bridgehead atoms. The minimum absolute atomic E-state index is 0.105. The number of hydrogen-bond donors (Lipinski definition) is 0. The van der Waals surface area contributed by atoms with Gasteiger partial charge in [-0.05, 0) is 31.7 Å². The van der Waals surface area contributed by atoms with Crippen molar-refractivity contribution in [2.75, 3.05) is 26.4 Å². The van der Waals surface area contributed by atoms with Crippen molar-refractivity contribution < 1.29 is 23.7 Å². The summed E-state index contributed by atoms with van der Waals surface area (Å²) in [5.74, 6) is -0.577. The molecule has 1 spiro atoms. The first kappa shape index (κ1) is 18.4. The van der Waals surface area contributed by atoms with Crippen molar-refractivity contribution in [3.05, 3.63) is 35.9 Å². The quantitative estimate of drug-likeness (QED) is 0.558. The number of carbonyl (C=O) groups excluding carboxylic acids is 1. The Hall–Kier alpha value is -1.43. The lowest BCUT2D eigenvalue weighted by atomic mass is 9.70. The van der Waals surface area contributed by atoms with Gasteiger partial charge in [0.1, 0.15) is 0 Å². The topological polar surface area (TPSA) is 54.0 Å². The molecule has 25 heavy (non-hydrogen) atoms. The van der Waals surface area contributed by atoms with E-state index >= 15 is 0 Å². The van der Waals surface area contributed by atoms with Gasteiger partial charge in [0.2, 0.25) is 0 Å². The summed E-state index contributed by atoms with van der Waals surface area (Å²) in [5.41, 5.74) is 0.663. The van der Waals surface area contributed by atoms with E-state index in [1.54, 1.807) is 0 Å². The van der Waals surface area contributed by atoms with Crippen LogP contribution in [0.5, 0.6) is 0 Å². The second kappa shape index (κ2) is 8.30. The summed E-state index contributed by atoms with van der Waals surface area (Å²) in [5, 5.41) is 0. The number of esters is 1. The van der Waals surface area contributed by atoms with Crippen molar-refractivity contribution in [2.24, 2.45) is 5.41 Å². The van der Waals surface area contributed by atoms with E-state index in [1.807, 2.05) is 37.3 Å². The summed E-state index contributed by atoms with van der Waals surface area (Å²) in [6.45, 7) is 4.66. The van der Waals surface area contributed by atoms with E-state index in [2.05, 4.69) is 0 Å². The van der Waals surface area contributed by atoms with Crippen molar-refractivity contribution in [1.29, 1.82) is 0 Å². The van der Waals surface area contributed by atoms with Crippen molar-refractivity contribution in [3.8, 4) is 0 Å². The zero-order valence-corrected chi connectivity index (χ0v) is 15.0. The molecule has 1 aliphatic carbocycles. The van der Waals surface area contributed by atoms with Gasteiger partial charge in [0.15, 0.2) is 5.79 Å². The van der Waals surface area contributed by atoms with Crippen LogP contribution in [0.3, 0.4) is 0 Å². The Balaban J connectivity index is 1.55. The third-order valence-electron chi connectivity index (χ3n) is 5.33. The van der Waals surface area contributed by atoms with Crippen LogP contribution in [0.2, 0.25) is 0 Å². The minimum Gasteiger partial charge on any atom is -0.466 e. The van der Waals surface area contributed by atoms with Crippen LogP contribution in [0.25, 0.3) is 0 Å². The van der Waals surface area contributed by atoms with E-state index in [1.165, 1.54) is 0 Å². The number of benzene rings is 1. The number of ether oxygens (including phenoxy) is 4. The second-order valence-electron chi connectivity index (χ2n) is 6.90. The van der Waals surface area contributed by atoms with Gasteiger partial charge in [0.05, 0.1) is 31.8 Å². The van der Waals surface area contributed by atoms with Crippen LogP contribution in [0, 0.1) is 5.41 Å². The molecular formula is C20H28O5. The zero-order chi connectivity index (χ0) is 17.6. The number of rotatable bonds is 7. The molecule has 2 fully saturated rings. The summed E-state index contributed by atoms with van der Waals surface area (Å²) in [4.78, 5) is 12.6. The first-order valence-corrected chi connectivity index (χ1v) is 9.25. The highest BCUT2D eigenvalue weighted by Gasteiger charge is 2.50. The summed E-state index contributed by atoms with van der Waals surface area (Å²) in [7, 11) is 0. The van der Waals surface area contributed by atoms with Crippen LogP contribution in [-0.2, 0) is 30.3 Å². The van der Waals surface area contributed by atoms with E-state index in [4.69, 9.17) is 18.9 Å². The average Bonchev–Trinajstić information content (AvgIpc) is 3.10. The molecule has 1 heterocycles. The summed E-state index contributed by atoms with van der Waals surface area (Å²) < 4.78 is 22.8. The highest BCUT2D eigenvalue weighted by molar-refractivity contribution is 5.77. The Labute approximate surface area is 149 Å². The Morgan fingerprint density at radius 2 is 1.76 bits per heavy atom. The molecule has 5 heteroatoms. The van der Waals surface area contributed by atoms with Crippen molar-refractivity contribution in [2.45, 2.75) is 51.4 Å². The van der Waals surface area contributed by atoms with Crippen LogP contribution in [0.1, 0.15) is 44.6 Å². The third-order valence-corrected chi connectivity index (χ3v) is 5.33. The Morgan fingerprint density at radius 1 is 1.08 bits per heavy atom. The minimum atomic E-state index is -0.479. The summed E-state index contributed by atoms with van der Waals surface area (Å²) in [6.07, 6.45) is 3.60. The lowest BCUT2D eigenvalue weighted by Gasteiger charge is -2.41. The molecule has 2 aliphatic rings. The van der Waals surface area contributed by atoms with Crippen LogP contribution in [0.15, 0.2) is 30.3 Å². The van der Waals surface area contributed by atoms with E-state index in [9.17, 15) is 4.79 Å². The van der Waals surface area contributed by atoms with E-state index in [0.29, 0.717) is 39.5 Å². The summed E-state index contributed by atoms with van der Waals surface area (Å²) >= 11 is 0. The van der Waals surface area contributed by atoms with Crippen LogP contribution < -0.4 is 0 Å². The largest absolute Gasteiger partial charge is 0.466 e. The molecule has 0 atom stereocenters. The predicted octanol–water partition coefficient (Wildman–Crippen LogP) is 3.46. The fourth-order valence-electron chi connectivity index (χ4n) is 3.77. The highest BCUT2D eigenvalue weighted by Crippen LogP contribution is 2.47. The zero-order valence-electron chi connectivity index (χ0n) is 15.0. The van der Waals surface area contributed by atoms with Crippen LogP contribution >= 0.6 is 0 Å². The van der Waals surface area contributed by atoms with Crippen LogP contribution in [-0.4, -0.2) is 38.2 Å². The fourth-order valence-corrected chi connectivity index (χ4v) is 3.77. The predicted molar refractivity (Wildman–Crippen MR) is 92.9 cm³/mol. The molecule has 1 saturated heterocycles. The second-order valence-corrected chi connectivity index (χ2v) is 6.90. The first-order chi connectivity index (χ1) is 12.2. The lowest BCUT2D eigenvalue weighted by Crippen LogP contribution is -2.45. The maximum absolute atomic E-state index is 12.6. The van der Waals surface area contributed by atoms with Gasteiger partial charge in [-0.3, -0.25) is 4.79 Å². The van der Waals surface area contributed by atoms with Gasteiger partial charge in [0, 0.05) is 19.4 Å². The standard InChI is InChI=1S/C20H28O5/c1-2-23-18(21)19(8-10-20(11-9-19)24-14-15-25-20)12-13-22-16-17-6-4-3-5-7-17/h3-7H,2,8-16H2,1H3. The SMILES string of the molecule is CCOC(=O)C1(CCOCc2ccccc2)CCC2(CC1)OCCO2. The van der Waals surface area contributed by atoms with Gasteiger partial charge in [-0.25, -0.2) is 0 Å². The third kappa shape index (κ3) is 4.40. The lowest BCUT2D eigenvalue weighted by molar-refractivity contribution is -0.201. The highest BCUT2D eigenvalue weighted by atomic mass is 16.7. The maximum atomic E-state index is 12.6. The molecule has 0 N–H and O–H groups in total. The molecule has 3 rings (SSSR count). The normalized spacial score (nSPS) is 21.3. The summed E-state index contributed by atoms with van der Waals surface area (Å²) in [6, 6.07) is 10.1. The van der Waals surface area contributed by atoms with Crippen LogP contribution in [0.4, 0.5) is 0 Å². The van der Waals surface area contributed by atoms with Gasteiger partial charge in [-0.1, -0.05) is 30.3 Å². The molecule has 1 aliphatic heterocycles. The monoisotopic (exact) mass is 348 g/mol. The van der Waals surface area contributed by atoms with Gasteiger partial charge in [-0.2, -0.15) is 0 Å². The van der Waals surface area contributed by atoms with E-state index in [-0.39, 0.29) is 5.97 Å². The Morgan fingerprint density at radius 3 is 2.40 bits per heavy atom. The maximum Gasteiger partial charge on any atom is 0.312 e. The Kier molecular flexibility index (Phi) is 6.10. The molecule has 138 valence electrons. The smallest absolute Gasteiger partial charge is 0.312 e. The molecule has 1 aromatic carbocycles. The van der Waals surface area contributed by atoms with Crippen molar-refractivity contribution in [1.82, 2.24) is 0 Å². The molecule has 0 aromatic heterocycles. The van der Waals surface area contributed by atoms with Gasteiger partial charge < -0.3 is 18.9 Å². The molecule has 5 nitrogen and oxygen atoms in total. The van der Waals surface area contributed by atoms with Gasteiger partial charge >= 0.3 is 5.97 Å². The molecule has 1 saturated carbocycles. The van der Waals surface area contributed by atoms with Crippen molar-refractivity contribution >= 4 is 5.97 Å². The molecule has 0 amide bonds. The molecule has 0 radical (unpaired) electrons. The first-order valence-electron chi connectivity index (χ1n) is 9.25. The number of carbonyl (C=O) groups is 1. The van der Waals surface area contributed by atoms with Gasteiger partial charge in [0.25, 0.3) is 0 Å². The molecule has 0 unspecified atom stereocenters. The van der Waals surface area contributed by atoms with Crippen molar-refractivity contribution in [3.63, 3.8) is 0 Å². The average molecular weight is 348 g/mol. The van der Waals surface area contributed by atoms with Gasteiger partial charge in [-0.15, -0.1) is 0 Å². The Bertz CT molecular complexity index is 540. The van der Waals surface area contributed by atoms with E-state index in [0.717, 1.165) is 31.2 Å². The van der Waals surface area contributed by atoms with E-state index < -0.39 is 11.2 Å². The fraction of sp³-hybridized carbons (Fsp3) is 0.650. The molecular weight excluding hydrogens is 320 g/mol. The number of hydrogen-bond acceptors (Lipinski definition) is 5.